The zero-order valence-corrected chi connectivity index (χ0v) is 10.9. The van der Waals surface area contributed by atoms with Crippen molar-refractivity contribution in [3.63, 3.8) is 0 Å². The van der Waals surface area contributed by atoms with Gasteiger partial charge >= 0.3 is 0 Å². The topological polar surface area (TPSA) is 17.1 Å². The number of aldehydes is 1. The van der Waals surface area contributed by atoms with E-state index in [1.54, 1.807) is 30.3 Å². The standard InChI is InChI=1S/C16H11FOS/c17-16(13-7-2-1-3-8-13)14(11-18)10-12-6-4-5-9-15(12)19-16/h1-11H. The summed E-state index contributed by atoms with van der Waals surface area (Å²) in [4.78, 5) is 12.1. The van der Waals surface area contributed by atoms with Gasteiger partial charge in [-0.15, -0.1) is 0 Å². The van der Waals surface area contributed by atoms with Crippen molar-refractivity contribution < 1.29 is 9.18 Å². The van der Waals surface area contributed by atoms with Crippen LogP contribution >= 0.6 is 11.8 Å². The molecular formula is C16H11FOS. The first kappa shape index (κ1) is 12.2. The molecule has 1 nitrogen and oxygen atoms in total. The second-order valence-corrected chi connectivity index (χ2v) is 5.53. The molecule has 19 heavy (non-hydrogen) atoms. The number of carbonyl (C=O) groups excluding carboxylic acids is 1. The first-order valence-electron chi connectivity index (χ1n) is 5.94. The van der Waals surface area contributed by atoms with Crippen molar-refractivity contribution in [2.24, 2.45) is 0 Å². The Bertz CT molecular complexity index is 651. The Kier molecular flexibility index (Phi) is 2.99. The third-order valence-electron chi connectivity index (χ3n) is 3.12. The molecule has 0 N–H and O–H groups in total. The van der Waals surface area contributed by atoms with Crippen molar-refractivity contribution in [3.8, 4) is 0 Å². The van der Waals surface area contributed by atoms with E-state index >= 15 is 4.39 Å². The molecular weight excluding hydrogens is 259 g/mol. The molecule has 0 radical (unpaired) electrons. The van der Waals surface area contributed by atoms with Gasteiger partial charge in [0, 0.05) is 16.0 Å². The van der Waals surface area contributed by atoms with E-state index in [4.69, 9.17) is 0 Å². The van der Waals surface area contributed by atoms with Gasteiger partial charge in [-0.1, -0.05) is 60.3 Å². The quantitative estimate of drug-likeness (QED) is 0.761. The zero-order valence-electron chi connectivity index (χ0n) is 10.0. The Hall–Kier alpha value is -1.87. The van der Waals surface area contributed by atoms with Crippen LogP contribution in [0, 0.1) is 0 Å². The minimum absolute atomic E-state index is 0.155. The van der Waals surface area contributed by atoms with Gasteiger partial charge in [0.05, 0.1) is 0 Å². The number of halogens is 1. The molecule has 3 rings (SSSR count). The van der Waals surface area contributed by atoms with Gasteiger partial charge < -0.3 is 0 Å². The molecule has 94 valence electrons. The zero-order chi connectivity index (χ0) is 13.3. The third-order valence-corrected chi connectivity index (χ3v) is 4.47. The molecule has 0 bridgehead atoms. The molecule has 0 saturated heterocycles. The predicted molar refractivity (Wildman–Crippen MR) is 75.6 cm³/mol. The van der Waals surface area contributed by atoms with E-state index in [2.05, 4.69) is 0 Å². The fraction of sp³-hybridized carbons (Fsp3) is 0.0625. The van der Waals surface area contributed by atoms with Crippen molar-refractivity contribution in [2.75, 3.05) is 0 Å². The number of carbonyl (C=O) groups is 1. The van der Waals surface area contributed by atoms with Crippen LogP contribution in [0.15, 0.2) is 65.1 Å². The number of thioether (sulfide) groups is 1. The van der Waals surface area contributed by atoms with Crippen molar-refractivity contribution in [1.82, 2.24) is 0 Å². The summed E-state index contributed by atoms with van der Waals surface area (Å²) in [6.07, 6.45) is 2.24. The molecule has 1 heterocycles. The summed E-state index contributed by atoms with van der Waals surface area (Å²) in [5, 5.41) is -1.81. The van der Waals surface area contributed by atoms with E-state index in [1.165, 1.54) is 0 Å². The van der Waals surface area contributed by atoms with Gasteiger partial charge in [0.15, 0.2) is 6.29 Å². The summed E-state index contributed by atoms with van der Waals surface area (Å²) in [6, 6.07) is 16.3. The van der Waals surface area contributed by atoms with Crippen molar-refractivity contribution >= 4 is 24.1 Å². The first-order valence-corrected chi connectivity index (χ1v) is 6.75. The van der Waals surface area contributed by atoms with Gasteiger partial charge in [-0.25, -0.2) is 4.39 Å². The highest BCUT2D eigenvalue weighted by atomic mass is 32.2. The van der Waals surface area contributed by atoms with Crippen LogP contribution in [0.25, 0.3) is 6.08 Å². The maximum atomic E-state index is 15.3. The van der Waals surface area contributed by atoms with Crippen LogP contribution in [0.5, 0.6) is 0 Å². The fourth-order valence-corrected chi connectivity index (χ4v) is 3.32. The first-order chi connectivity index (χ1) is 9.24. The Labute approximate surface area is 115 Å². The van der Waals surface area contributed by atoms with Gasteiger partial charge in [0.2, 0.25) is 5.00 Å². The monoisotopic (exact) mass is 270 g/mol. The Morgan fingerprint density at radius 1 is 1.00 bits per heavy atom. The summed E-state index contributed by atoms with van der Waals surface area (Å²) in [7, 11) is 0. The van der Waals surface area contributed by atoms with Crippen molar-refractivity contribution in [2.45, 2.75) is 9.90 Å². The molecule has 1 aliphatic heterocycles. The second kappa shape index (κ2) is 4.67. The molecule has 3 heteroatoms. The fourth-order valence-electron chi connectivity index (χ4n) is 2.15. The summed E-state index contributed by atoms with van der Waals surface area (Å²) in [5.74, 6) is 0. The van der Waals surface area contributed by atoms with Crippen LogP contribution < -0.4 is 0 Å². The van der Waals surface area contributed by atoms with Crippen LogP contribution in [-0.2, 0) is 9.80 Å². The molecule has 0 aliphatic carbocycles. The maximum absolute atomic E-state index is 15.3. The molecule has 2 aromatic rings. The van der Waals surface area contributed by atoms with Gasteiger partial charge in [-0.2, -0.15) is 0 Å². The number of fused-ring (bicyclic) bond motifs is 1. The van der Waals surface area contributed by atoms with Gasteiger partial charge in [0.1, 0.15) is 0 Å². The van der Waals surface area contributed by atoms with Crippen LogP contribution in [0.1, 0.15) is 11.1 Å². The van der Waals surface area contributed by atoms with Crippen LogP contribution in [-0.4, -0.2) is 6.29 Å². The summed E-state index contributed by atoms with van der Waals surface area (Å²) < 4.78 is 15.3. The number of benzene rings is 2. The minimum Gasteiger partial charge on any atom is -0.298 e. The van der Waals surface area contributed by atoms with Gasteiger partial charge in [-0.3, -0.25) is 4.79 Å². The van der Waals surface area contributed by atoms with E-state index in [0.717, 1.165) is 22.2 Å². The summed E-state index contributed by atoms with van der Waals surface area (Å²) >= 11 is 1.08. The lowest BCUT2D eigenvalue weighted by Crippen LogP contribution is -2.22. The van der Waals surface area contributed by atoms with Crippen molar-refractivity contribution in [1.29, 1.82) is 0 Å². The average molecular weight is 270 g/mol. The smallest absolute Gasteiger partial charge is 0.214 e. The van der Waals surface area contributed by atoms with E-state index in [1.807, 2.05) is 30.3 Å². The number of rotatable bonds is 2. The van der Waals surface area contributed by atoms with E-state index in [9.17, 15) is 4.79 Å². The molecule has 2 aromatic carbocycles. The Morgan fingerprint density at radius 3 is 2.42 bits per heavy atom. The Morgan fingerprint density at radius 2 is 1.68 bits per heavy atom. The molecule has 0 aromatic heterocycles. The van der Waals surface area contributed by atoms with Crippen LogP contribution in [0.2, 0.25) is 0 Å². The van der Waals surface area contributed by atoms with Crippen LogP contribution in [0.3, 0.4) is 0 Å². The molecule has 0 spiro atoms. The lowest BCUT2D eigenvalue weighted by molar-refractivity contribution is -0.105. The molecule has 0 fully saturated rings. The number of hydrogen-bond acceptors (Lipinski definition) is 2. The minimum atomic E-state index is -1.81. The SMILES string of the molecule is O=CC1=Cc2ccccc2SC1(F)c1ccccc1. The van der Waals surface area contributed by atoms with Crippen LogP contribution in [0.4, 0.5) is 4.39 Å². The average Bonchev–Trinajstić information content (AvgIpc) is 2.47. The normalized spacial score (nSPS) is 21.4. The van der Waals surface area contributed by atoms with Crippen molar-refractivity contribution in [3.05, 3.63) is 71.3 Å². The highest BCUT2D eigenvalue weighted by Gasteiger charge is 2.40. The Balaban J connectivity index is 2.17. The molecule has 0 amide bonds. The molecule has 1 aliphatic rings. The third kappa shape index (κ3) is 2.00. The highest BCUT2D eigenvalue weighted by molar-refractivity contribution is 8.00. The second-order valence-electron chi connectivity index (χ2n) is 4.32. The summed E-state index contributed by atoms with van der Waals surface area (Å²) in [5.41, 5.74) is 1.54. The van der Waals surface area contributed by atoms with E-state index in [-0.39, 0.29) is 5.57 Å². The number of hydrogen-bond donors (Lipinski definition) is 0. The maximum Gasteiger partial charge on any atom is 0.214 e. The molecule has 1 atom stereocenters. The van der Waals surface area contributed by atoms with Gasteiger partial charge in [-0.05, 0) is 17.7 Å². The predicted octanol–water partition coefficient (Wildman–Crippen LogP) is 4.20. The molecule has 0 saturated carbocycles. The van der Waals surface area contributed by atoms with Gasteiger partial charge in [0.25, 0.3) is 0 Å². The lowest BCUT2D eigenvalue weighted by atomic mass is 10.00. The van der Waals surface area contributed by atoms with E-state index < -0.39 is 5.00 Å². The number of alkyl halides is 1. The molecule has 1 unspecified atom stereocenters. The summed E-state index contributed by atoms with van der Waals surface area (Å²) in [6.45, 7) is 0. The highest BCUT2D eigenvalue weighted by Crippen LogP contribution is 2.52. The largest absolute Gasteiger partial charge is 0.298 e. The van der Waals surface area contributed by atoms with E-state index in [0.29, 0.717) is 11.8 Å². The lowest BCUT2D eigenvalue weighted by Gasteiger charge is -2.29.